The van der Waals surface area contributed by atoms with E-state index in [0.29, 0.717) is 10.3 Å². The van der Waals surface area contributed by atoms with Gasteiger partial charge in [0.1, 0.15) is 0 Å². The molecule has 0 amide bonds. The zero-order valence-electron chi connectivity index (χ0n) is 9.82. The van der Waals surface area contributed by atoms with Crippen molar-refractivity contribution in [3.8, 4) is 0 Å². The van der Waals surface area contributed by atoms with Gasteiger partial charge in [-0.05, 0) is 42.4 Å². The largest absolute Gasteiger partial charge is 0.333 e. The Kier molecular flexibility index (Phi) is 3.35. The minimum atomic E-state index is 0.304. The second-order valence-corrected chi connectivity index (χ2v) is 5.76. The Morgan fingerprint density at radius 2 is 2.00 bits per heavy atom. The Hall–Kier alpha value is -1.30. The average Bonchev–Trinajstić information content (AvgIpc) is 2.75. The zero-order chi connectivity index (χ0) is 13.4. The first kappa shape index (κ1) is 12.7. The van der Waals surface area contributed by atoms with Crippen LogP contribution in [0, 0.1) is 6.92 Å². The quantitative estimate of drug-likeness (QED) is 0.773. The fourth-order valence-corrected chi connectivity index (χ4v) is 2.89. The summed E-state index contributed by atoms with van der Waals surface area (Å²) in [5, 5.41) is 8.80. The first-order valence-corrected chi connectivity index (χ1v) is 7.02. The van der Waals surface area contributed by atoms with Crippen molar-refractivity contribution >= 4 is 46.0 Å². The number of benzene rings is 1. The highest BCUT2D eigenvalue weighted by molar-refractivity contribution is 7.99. The van der Waals surface area contributed by atoms with Gasteiger partial charge in [-0.2, -0.15) is 0 Å². The molecule has 2 aromatic heterocycles. The molecule has 2 heterocycles. The molecule has 0 unspecified atom stereocenters. The van der Waals surface area contributed by atoms with E-state index in [1.807, 2.05) is 25.1 Å². The topological polar surface area (TPSA) is 54.5 Å². The number of rotatable bonds is 2. The van der Waals surface area contributed by atoms with E-state index in [-0.39, 0.29) is 0 Å². The molecule has 96 valence electrons. The van der Waals surface area contributed by atoms with Crippen LogP contribution in [0.3, 0.4) is 0 Å². The van der Waals surface area contributed by atoms with Gasteiger partial charge in [-0.25, -0.2) is 4.98 Å². The van der Waals surface area contributed by atoms with Gasteiger partial charge in [0.05, 0.1) is 15.9 Å². The van der Waals surface area contributed by atoms with E-state index < -0.39 is 0 Å². The van der Waals surface area contributed by atoms with Crippen LogP contribution in [-0.2, 0) is 0 Å². The molecule has 0 spiro atoms. The van der Waals surface area contributed by atoms with Gasteiger partial charge in [0, 0.05) is 0 Å². The van der Waals surface area contributed by atoms with Crippen molar-refractivity contribution in [1.82, 2.24) is 20.2 Å². The summed E-state index contributed by atoms with van der Waals surface area (Å²) in [5.74, 6) is 0. The lowest BCUT2D eigenvalue weighted by atomic mass is 10.2. The maximum absolute atomic E-state index is 5.98. The number of hydrogen-bond donors (Lipinski definition) is 1. The van der Waals surface area contributed by atoms with Crippen molar-refractivity contribution < 1.29 is 0 Å². The number of aryl methyl sites for hydroxylation is 1. The van der Waals surface area contributed by atoms with Crippen LogP contribution in [0.1, 0.15) is 5.56 Å². The predicted molar refractivity (Wildman–Crippen MR) is 77.0 cm³/mol. The normalized spacial score (nSPS) is 11.1. The average molecular weight is 311 g/mol. The van der Waals surface area contributed by atoms with Gasteiger partial charge in [0.2, 0.25) is 0 Å². The van der Waals surface area contributed by atoms with Gasteiger partial charge in [0.25, 0.3) is 0 Å². The Morgan fingerprint density at radius 1 is 1.16 bits per heavy atom. The number of halogens is 2. The van der Waals surface area contributed by atoms with Gasteiger partial charge in [-0.3, -0.25) is 0 Å². The van der Waals surface area contributed by atoms with Crippen LogP contribution in [0.15, 0.2) is 34.3 Å². The summed E-state index contributed by atoms with van der Waals surface area (Å²) in [5.41, 5.74) is 3.09. The number of nitrogens with zero attached hydrogens (tertiary/aromatic N) is 3. The molecule has 0 fully saturated rings. The Labute approximate surface area is 123 Å². The van der Waals surface area contributed by atoms with Gasteiger partial charge >= 0.3 is 0 Å². The van der Waals surface area contributed by atoms with Crippen LogP contribution in [0.5, 0.6) is 0 Å². The van der Waals surface area contributed by atoms with E-state index in [9.17, 15) is 0 Å². The maximum atomic E-state index is 5.98. The van der Waals surface area contributed by atoms with Gasteiger partial charge in [0.15, 0.2) is 15.5 Å². The highest BCUT2D eigenvalue weighted by Gasteiger charge is 2.10. The molecule has 1 N–H and O–H groups in total. The van der Waals surface area contributed by atoms with E-state index in [2.05, 4.69) is 20.2 Å². The summed E-state index contributed by atoms with van der Waals surface area (Å²) >= 11 is 13.2. The standard InChI is InChI=1S/C12H8Cl2N4S/c1-6-2-3-7-8(4-6)16-12(15-7)19-9-5-10(13)17-18-11(9)14/h2-5H,1H3,(H,15,16). The molecule has 7 heteroatoms. The lowest BCUT2D eigenvalue weighted by Gasteiger charge is -1.99. The zero-order valence-corrected chi connectivity index (χ0v) is 12.1. The number of hydrogen-bond acceptors (Lipinski definition) is 4. The molecule has 4 nitrogen and oxygen atoms in total. The third-order valence-corrected chi connectivity index (χ3v) is 4.00. The van der Waals surface area contributed by atoms with Crippen molar-refractivity contribution in [1.29, 1.82) is 0 Å². The molecule has 3 aromatic rings. The second-order valence-electron chi connectivity index (χ2n) is 3.99. The SMILES string of the molecule is Cc1ccc2nc(Sc3cc(Cl)nnc3Cl)[nH]c2c1. The van der Waals surface area contributed by atoms with E-state index >= 15 is 0 Å². The molecule has 0 radical (unpaired) electrons. The van der Waals surface area contributed by atoms with E-state index in [4.69, 9.17) is 23.2 Å². The van der Waals surface area contributed by atoms with Crippen LogP contribution in [0.25, 0.3) is 11.0 Å². The molecule has 0 saturated heterocycles. The third kappa shape index (κ3) is 2.68. The summed E-state index contributed by atoms with van der Waals surface area (Å²) in [6.07, 6.45) is 0. The summed E-state index contributed by atoms with van der Waals surface area (Å²) in [6.45, 7) is 2.04. The summed E-state index contributed by atoms with van der Waals surface area (Å²) < 4.78 is 0. The molecule has 0 aliphatic rings. The smallest absolute Gasteiger partial charge is 0.171 e. The number of H-pyrrole nitrogens is 1. The fourth-order valence-electron chi connectivity index (χ4n) is 1.66. The van der Waals surface area contributed by atoms with Crippen molar-refractivity contribution in [3.05, 3.63) is 40.1 Å². The van der Waals surface area contributed by atoms with E-state index in [1.165, 1.54) is 17.3 Å². The Balaban J connectivity index is 1.98. The first-order valence-electron chi connectivity index (χ1n) is 5.45. The number of aromatic nitrogens is 4. The molecule has 0 saturated carbocycles. The lowest BCUT2D eigenvalue weighted by molar-refractivity contribution is 0.993. The Morgan fingerprint density at radius 3 is 2.84 bits per heavy atom. The minimum Gasteiger partial charge on any atom is -0.333 e. The summed E-state index contributed by atoms with van der Waals surface area (Å²) in [6, 6.07) is 7.71. The van der Waals surface area contributed by atoms with Gasteiger partial charge < -0.3 is 4.98 Å². The fraction of sp³-hybridized carbons (Fsp3) is 0.0833. The first-order chi connectivity index (χ1) is 9.11. The van der Waals surface area contributed by atoms with E-state index in [0.717, 1.165) is 21.1 Å². The van der Waals surface area contributed by atoms with Crippen LogP contribution < -0.4 is 0 Å². The second kappa shape index (κ2) is 5.00. The highest BCUT2D eigenvalue weighted by Crippen LogP contribution is 2.32. The lowest BCUT2D eigenvalue weighted by Crippen LogP contribution is -1.86. The van der Waals surface area contributed by atoms with Crippen molar-refractivity contribution in [2.24, 2.45) is 0 Å². The minimum absolute atomic E-state index is 0.304. The number of aromatic amines is 1. The van der Waals surface area contributed by atoms with Gasteiger partial charge in [-0.15, -0.1) is 10.2 Å². The maximum Gasteiger partial charge on any atom is 0.171 e. The van der Waals surface area contributed by atoms with Crippen molar-refractivity contribution in [3.63, 3.8) is 0 Å². The predicted octanol–water partition coefficient (Wildman–Crippen LogP) is 4.12. The van der Waals surface area contributed by atoms with Crippen LogP contribution in [0.4, 0.5) is 0 Å². The number of fused-ring (bicyclic) bond motifs is 1. The molecular weight excluding hydrogens is 303 g/mol. The molecule has 0 aliphatic carbocycles. The summed E-state index contributed by atoms with van der Waals surface area (Å²) in [4.78, 5) is 8.43. The molecule has 19 heavy (non-hydrogen) atoms. The van der Waals surface area contributed by atoms with Gasteiger partial charge in [-0.1, -0.05) is 29.3 Å². The number of imidazole rings is 1. The van der Waals surface area contributed by atoms with Crippen LogP contribution in [-0.4, -0.2) is 20.2 Å². The molecular formula is C12H8Cl2N4S. The van der Waals surface area contributed by atoms with Crippen molar-refractivity contribution in [2.75, 3.05) is 0 Å². The van der Waals surface area contributed by atoms with Crippen LogP contribution in [0.2, 0.25) is 10.3 Å². The molecule has 0 bridgehead atoms. The monoisotopic (exact) mass is 310 g/mol. The molecule has 0 atom stereocenters. The van der Waals surface area contributed by atoms with Crippen LogP contribution >= 0.6 is 35.0 Å². The molecule has 0 aliphatic heterocycles. The summed E-state index contributed by atoms with van der Waals surface area (Å²) in [7, 11) is 0. The van der Waals surface area contributed by atoms with E-state index in [1.54, 1.807) is 6.07 Å². The van der Waals surface area contributed by atoms with Crippen molar-refractivity contribution in [2.45, 2.75) is 17.0 Å². The molecule has 1 aromatic carbocycles. The highest BCUT2D eigenvalue weighted by atomic mass is 35.5. The molecule has 3 rings (SSSR count). The number of nitrogens with one attached hydrogen (secondary N) is 1. The Bertz CT molecular complexity index is 757. The third-order valence-electron chi connectivity index (χ3n) is 2.51.